The lowest BCUT2D eigenvalue weighted by atomic mass is 9.87. The first-order valence-corrected chi connectivity index (χ1v) is 15.9. The molecule has 1 saturated carbocycles. The van der Waals surface area contributed by atoms with Crippen LogP contribution in [0.3, 0.4) is 0 Å². The third-order valence-corrected chi connectivity index (χ3v) is 6.26. The van der Waals surface area contributed by atoms with Gasteiger partial charge in [0.1, 0.15) is 5.41 Å². The predicted molar refractivity (Wildman–Crippen MR) is 98.9 cm³/mol. The summed E-state index contributed by atoms with van der Waals surface area (Å²) >= 11 is 0. The summed E-state index contributed by atoms with van der Waals surface area (Å²) in [5.74, 6) is -0.703. The van der Waals surface area contributed by atoms with Gasteiger partial charge >= 0.3 is 5.97 Å². The maximum Gasteiger partial charge on any atom is 0.305 e. The second kappa shape index (κ2) is 7.19. The van der Waals surface area contributed by atoms with Gasteiger partial charge in [-0.25, -0.2) is 0 Å². The van der Waals surface area contributed by atoms with Gasteiger partial charge in [-0.15, -0.1) is 0 Å². The number of hydrogen-bond donors (Lipinski definition) is 0. The molecule has 0 unspecified atom stereocenters. The topological polar surface area (TPSA) is 54.0 Å². The van der Waals surface area contributed by atoms with E-state index in [-0.39, 0.29) is 5.97 Å². The van der Waals surface area contributed by atoms with Crippen molar-refractivity contribution in [3.05, 3.63) is 0 Å². The van der Waals surface area contributed by atoms with Gasteiger partial charge in [0.2, 0.25) is 8.32 Å². The van der Waals surface area contributed by atoms with E-state index < -0.39 is 27.8 Å². The summed E-state index contributed by atoms with van der Waals surface area (Å²) in [4.78, 5) is 12.9. The first kappa shape index (κ1) is 20.1. The van der Waals surface area contributed by atoms with E-state index in [9.17, 15) is 4.79 Å². The van der Waals surface area contributed by atoms with Gasteiger partial charge in [-0.3, -0.25) is 4.79 Å². The van der Waals surface area contributed by atoms with Crippen LogP contribution in [-0.2, 0) is 23.1 Å². The van der Waals surface area contributed by atoms with Gasteiger partial charge in [0.05, 0.1) is 19.8 Å². The summed E-state index contributed by atoms with van der Waals surface area (Å²) in [6, 6.07) is 0. The van der Waals surface area contributed by atoms with E-state index in [1.165, 1.54) is 6.42 Å². The average molecular weight is 375 g/mol. The van der Waals surface area contributed by atoms with Crippen LogP contribution in [0.5, 0.6) is 0 Å². The highest BCUT2D eigenvalue weighted by atomic mass is 28.4. The molecular formula is C17H34O5Si2. The van der Waals surface area contributed by atoms with Crippen molar-refractivity contribution < 1.29 is 23.1 Å². The Morgan fingerprint density at radius 3 is 1.92 bits per heavy atom. The molecule has 0 aromatic rings. The van der Waals surface area contributed by atoms with Crippen LogP contribution < -0.4 is 0 Å². The Bertz CT molecular complexity index is 437. The summed E-state index contributed by atoms with van der Waals surface area (Å²) in [6.45, 7) is 13.4. The van der Waals surface area contributed by atoms with Gasteiger partial charge in [-0.1, -0.05) is 6.42 Å². The predicted octanol–water partition coefficient (Wildman–Crippen LogP) is 3.91. The largest absolute Gasteiger partial charge is 0.519 e. The van der Waals surface area contributed by atoms with Crippen molar-refractivity contribution in [3.63, 3.8) is 0 Å². The van der Waals surface area contributed by atoms with Gasteiger partial charge in [0, 0.05) is 12.8 Å². The number of hydrogen-bond acceptors (Lipinski definition) is 5. The summed E-state index contributed by atoms with van der Waals surface area (Å²) < 4.78 is 24.2. The molecule has 1 aliphatic heterocycles. The first-order valence-electron chi connectivity index (χ1n) is 9.11. The van der Waals surface area contributed by atoms with Gasteiger partial charge < -0.3 is 18.3 Å². The molecule has 1 aliphatic carbocycles. The minimum atomic E-state index is -1.98. The molecule has 2 fully saturated rings. The molecule has 140 valence electrons. The molecule has 24 heavy (non-hydrogen) atoms. The minimum Gasteiger partial charge on any atom is -0.519 e. The molecule has 0 aromatic heterocycles. The number of carbonyl (C=O) groups is 1. The van der Waals surface area contributed by atoms with Gasteiger partial charge in [-0.05, 0) is 52.1 Å². The SMILES string of the molecule is C[Si](C)(C)OCC1(C(=O)O[Si](C)(C)C)COC2(CCCCC2)OC1. The third-order valence-electron chi connectivity index (χ3n) is 4.45. The fourth-order valence-corrected chi connectivity index (χ4v) is 4.48. The van der Waals surface area contributed by atoms with Crippen LogP contribution in [0.4, 0.5) is 0 Å². The Labute approximate surface area is 148 Å². The van der Waals surface area contributed by atoms with E-state index in [4.69, 9.17) is 18.3 Å². The number of rotatable bonds is 5. The lowest BCUT2D eigenvalue weighted by Crippen LogP contribution is -2.58. The molecule has 7 heteroatoms. The molecule has 0 amide bonds. The molecule has 1 saturated heterocycles. The molecule has 5 nitrogen and oxygen atoms in total. The fourth-order valence-electron chi connectivity index (χ4n) is 3.00. The Morgan fingerprint density at radius 1 is 0.917 bits per heavy atom. The zero-order chi connectivity index (χ0) is 18.1. The maximum atomic E-state index is 12.9. The second-order valence-corrected chi connectivity index (χ2v) is 18.2. The number of ether oxygens (including phenoxy) is 2. The van der Waals surface area contributed by atoms with Crippen LogP contribution in [0.2, 0.25) is 39.3 Å². The molecule has 0 N–H and O–H groups in total. The van der Waals surface area contributed by atoms with Crippen LogP contribution in [0, 0.1) is 5.41 Å². The summed E-state index contributed by atoms with van der Waals surface area (Å²) in [5.41, 5.74) is -0.830. The van der Waals surface area contributed by atoms with E-state index >= 15 is 0 Å². The molecule has 1 spiro atoms. The Morgan fingerprint density at radius 2 is 1.46 bits per heavy atom. The van der Waals surface area contributed by atoms with Crippen molar-refractivity contribution in [1.29, 1.82) is 0 Å². The molecule has 0 bridgehead atoms. The van der Waals surface area contributed by atoms with E-state index in [1.54, 1.807) is 0 Å². The highest BCUT2D eigenvalue weighted by Crippen LogP contribution is 2.40. The molecule has 1 heterocycles. The van der Waals surface area contributed by atoms with Crippen molar-refractivity contribution in [3.8, 4) is 0 Å². The van der Waals surface area contributed by atoms with Crippen molar-refractivity contribution in [2.45, 2.75) is 77.2 Å². The molecular weight excluding hydrogens is 340 g/mol. The molecule has 2 rings (SSSR count). The van der Waals surface area contributed by atoms with E-state index in [1.807, 2.05) is 19.6 Å². The van der Waals surface area contributed by atoms with Gasteiger partial charge in [0.25, 0.3) is 0 Å². The Hall–Kier alpha value is -0.216. The maximum absolute atomic E-state index is 12.9. The average Bonchev–Trinajstić information content (AvgIpc) is 2.45. The molecule has 0 aromatic carbocycles. The van der Waals surface area contributed by atoms with Crippen LogP contribution in [-0.4, -0.2) is 48.2 Å². The minimum absolute atomic E-state index is 0.217. The van der Waals surface area contributed by atoms with Crippen LogP contribution in [0.1, 0.15) is 32.1 Å². The molecule has 2 aliphatic rings. The number of carbonyl (C=O) groups excluding carboxylic acids is 1. The quantitative estimate of drug-likeness (QED) is 0.683. The first-order chi connectivity index (χ1) is 11.0. The van der Waals surface area contributed by atoms with Crippen molar-refractivity contribution in [1.82, 2.24) is 0 Å². The lowest BCUT2D eigenvalue weighted by Gasteiger charge is -2.47. The van der Waals surface area contributed by atoms with E-state index in [0.717, 1.165) is 25.7 Å². The monoisotopic (exact) mass is 374 g/mol. The Balaban J connectivity index is 2.11. The van der Waals surface area contributed by atoms with Crippen molar-refractivity contribution in [2.24, 2.45) is 5.41 Å². The third kappa shape index (κ3) is 5.39. The highest BCUT2D eigenvalue weighted by molar-refractivity contribution is 6.71. The zero-order valence-corrected chi connectivity index (χ0v) is 18.2. The second-order valence-electron chi connectivity index (χ2n) is 9.23. The van der Waals surface area contributed by atoms with Crippen molar-refractivity contribution in [2.75, 3.05) is 19.8 Å². The standard InChI is InChI=1S/C17H34O5Si2/c1-23(2,3)21-14-16(15(18)22-24(4,5)6)12-19-17(20-13-16)10-8-7-9-11-17/h7-14H2,1-6H3. The lowest BCUT2D eigenvalue weighted by molar-refractivity contribution is -0.314. The molecule has 0 atom stereocenters. The van der Waals surface area contributed by atoms with E-state index in [2.05, 4.69) is 19.6 Å². The van der Waals surface area contributed by atoms with E-state index in [0.29, 0.717) is 19.8 Å². The smallest absolute Gasteiger partial charge is 0.305 e. The Kier molecular flexibility index (Phi) is 6.02. The van der Waals surface area contributed by atoms with Crippen molar-refractivity contribution >= 4 is 22.6 Å². The van der Waals surface area contributed by atoms with Gasteiger partial charge in [-0.2, -0.15) is 0 Å². The molecule has 0 radical (unpaired) electrons. The summed E-state index contributed by atoms with van der Waals surface area (Å²) in [5, 5.41) is 0. The van der Waals surface area contributed by atoms with Crippen LogP contribution >= 0.6 is 0 Å². The van der Waals surface area contributed by atoms with Crippen LogP contribution in [0.25, 0.3) is 0 Å². The zero-order valence-electron chi connectivity index (χ0n) is 16.2. The van der Waals surface area contributed by atoms with Crippen LogP contribution in [0.15, 0.2) is 0 Å². The van der Waals surface area contributed by atoms with Gasteiger partial charge in [0.15, 0.2) is 14.1 Å². The summed E-state index contributed by atoms with van der Waals surface area (Å²) in [7, 11) is -3.73. The highest BCUT2D eigenvalue weighted by Gasteiger charge is 2.51. The summed E-state index contributed by atoms with van der Waals surface area (Å²) in [6.07, 6.45) is 5.31. The normalized spacial score (nSPS) is 23.9. The fraction of sp³-hybridized carbons (Fsp3) is 0.941.